The first kappa shape index (κ1) is 59.1. The van der Waals surface area contributed by atoms with E-state index in [-0.39, 0.29) is 12.8 Å². The average molecular weight is 894 g/mol. The zero-order valence-electron chi connectivity index (χ0n) is 39.8. The third-order valence-corrected chi connectivity index (χ3v) is 12.2. The Kier molecular flexibility index (Phi) is 38.9. The molecule has 0 aromatic carbocycles. The number of carbonyl (C=O) groups is 1. The lowest BCUT2D eigenvalue weighted by Gasteiger charge is -2.40. The zero-order chi connectivity index (χ0) is 46.2. The predicted molar refractivity (Wildman–Crippen MR) is 256 cm³/mol. The molecule has 11 nitrogen and oxygen atoms in total. The Bertz CT molecular complexity index is 1160. The van der Waals surface area contributed by atoms with Crippen molar-refractivity contribution >= 4 is 5.91 Å². The standard InChI is InChI=1S/C52H95NO10/c1-3-5-7-9-11-13-15-17-18-19-20-21-22-23-24-25-26-27-28-30-32-34-36-38-40-45(56)51(61)53-43(42-62-52-50(60)49(59)48(58)46(41-54)63-52)47(57)44(55)39-37-35-33-31-29-16-14-12-10-8-6-4-2/h4,6,12,14,23-24,31,33,43-50,52,54-60H,3,5,7-11,13,15-22,25-30,32,34-42H2,1-2H3,(H,53,61)/b6-4+,14-12+,24-23-,33-31+. The van der Waals surface area contributed by atoms with Gasteiger partial charge < -0.3 is 50.5 Å². The van der Waals surface area contributed by atoms with Gasteiger partial charge in [-0.25, -0.2) is 0 Å². The van der Waals surface area contributed by atoms with Crippen LogP contribution >= 0.6 is 0 Å². The molecule has 1 rings (SSSR count). The van der Waals surface area contributed by atoms with Gasteiger partial charge in [0.05, 0.1) is 25.4 Å². The highest BCUT2D eigenvalue weighted by atomic mass is 16.7. The molecule has 0 aromatic heterocycles. The SMILES string of the molecule is C/C=C/CC/C=C/CC/C=C/CCCC(O)C(O)C(COC1OC(CO)C(O)C(O)C1O)NC(=O)C(O)CCCCCCCCCC/C=C\CCCCCCCCCCCCCC. The van der Waals surface area contributed by atoms with Crippen molar-refractivity contribution < 1.29 is 50.0 Å². The molecule has 1 amide bonds. The lowest BCUT2D eigenvalue weighted by molar-refractivity contribution is -0.303. The number of amides is 1. The van der Waals surface area contributed by atoms with E-state index in [9.17, 15) is 40.5 Å². The minimum atomic E-state index is -1.67. The number of aliphatic hydroxyl groups excluding tert-OH is 7. The normalized spacial score (nSPS) is 21.6. The maximum atomic E-state index is 13.1. The van der Waals surface area contributed by atoms with Gasteiger partial charge in [-0.2, -0.15) is 0 Å². The molecule has 11 heteroatoms. The van der Waals surface area contributed by atoms with E-state index >= 15 is 0 Å². The number of ether oxygens (including phenoxy) is 2. The van der Waals surface area contributed by atoms with Crippen molar-refractivity contribution in [3.05, 3.63) is 48.6 Å². The highest BCUT2D eigenvalue weighted by Crippen LogP contribution is 2.23. The quantitative estimate of drug-likeness (QED) is 0.0217. The molecule has 9 atom stereocenters. The van der Waals surface area contributed by atoms with Crippen LogP contribution in [0.5, 0.6) is 0 Å². The summed E-state index contributed by atoms with van der Waals surface area (Å²) in [5, 5.41) is 75.7. The third kappa shape index (κ3) is 30.8. The molecule has 9 unspecified atom stereocenters. The van der Waals surface area contributed by atoms with E-state index in [0.29, 0.717) is 19.3 Å². The molecule has 0 bridgehead atoms. The Morgan fingerprint density at radius 1 is 0.571 bits per heavy atom. The summed E-state index contributed by atoms with van der Waals surface area (Å²) in [7, 11) is 0. The smallest absolute Gasteiger partial charge is 0.249 e. The lowest BCUT2D eigenvalue weighted by atomic mass is 9.98. The van der Waals surface area contributed by atoms with Crippen molar-refractivity contribution in [2.24, 2.45) is 0 Å². The number of unbranched alkanes of at least 4 members (excludes halogenated alkanes) is 23. The number of nitrogens with one attached hydrogen (secondary N) is 1. The van der Waals surface area contributed by atoms with Crippen LogP contribution in [0.1, 0.15) is 206 Å². The van der Waals surface area contributed by atoms with Crippen molar-refractivity contribution in [3.8, 4) is 0 Å². The van der Waals surface area contributed by atoms with Gasteiger partial charge in [0.25, 0.3) is 0 Å². The topological polar surface area (TPSA) is 189 Å². The Morgan fingerprint density at radius 2 is 1.02 bits per heavy atom. The van der Waals surface area contributed by atoms with Crippen LogP contribution in [0.15, 0.2) is 48.6 Å². The van der Waals surface area contributed by atoms with Gasteiger partial charge in [-0.15, -0.1) is 0 Å². The van der Waals surface area contributed by atoms with Crippen molar-refractivity contribution in [2.75, 3.05) is 13.2 Å². The molecule has 63 heavy (non-hydrogen) atoms. The Balaban J connectivity index is 2.35. The average Bonchev–Trinajstić information content (AvgIpc) is 3.28. The number of hydrogen-bond donors (Lipinski definition) is 8. The number of allylic oxidation sites excluding steroid dienone is 8. The van der Waals surface area contributed by atoms with Gasteiger partial charge >= 0.3 is 0 Å². The molecule has 0 aliphatic carbocycles. The summed E-state index contributed by atoms with van der Waals surface area (Å²) in [6, 6.07) is -1.20. The Labute approximate surface area is 383 Å². The fourth-order valence-corrected chi connectivity index (χ4v) is 7.95. The lowest BCUT2D eigenvalue weighted by Crippen LogP contribution is -2.60. The summed E-state index contributed by atoms with van der Waals surface area (Å²) in [5.74, 6) is -0.717. The Morgan fingerprint density at radius 3 is 1.51 bits per heavy atom. The van der Waals surface area contributed by atoms with Crippen LogP contribution in [0.2, 0.25) is 0 Å². The van der Waals surface area contributed by atoms with Crippen LogP contribution in [-0.2, 0) is 14.3 Å². The van der Waals surface area contributed by atoms with Gasteiger partial charge in [-0.3, -0.25) is 4.79 Å². The van der Waals surface area contributed by atoms with Gasteiger partial charge in [-0.05, 0) is 84.0 Å². The first-order valence-electron chi connectivity index (χ1n) is 25.5. The monoisotopic (exact) mass is 894 g/mol. The summed E-state index contributed by atoms with van der Waals surface area (Å²) in [4.78, 5) is 13.1. The fourth-order valence-electron chi connectivity index (χ4n) is 7.95. The van der Waals surface area contributed by atoms with Crippen molar-refractivity contribution in [2.45, 2.75) is 262 Å². The van der Waals surface area contributed by atoms with Crippen LogP contribution in [-0.4, -0.2) is 110 Å². The van der Waals surface area contributed by atoms with E-state index in [1.807, 2.05) is 13.0 Å². The number of hydrogen-bond acceptors (Lipinski definition) is 10. The van der Waals surface area contributed by atoms with Crippen LogP contribution in [0.3, 0.4) is 0 Å². The highest BCUT2D eigenvalue weighted by molar-refractivity contribution is 5.80. The van der Waals surface area contributed by atoms with Gasteiger partial charge in [0.2, 0.25) is 5.91 Å². The van der Waals surface area contributed by atoms with Gasteiger partial charge in [0.1, 0.15) is 36.6 Å². The van der Waals surface area contributed by atoms with E-state index in [0.717, 1.165) is 51.4 Å². The molecule has 368 valence electrons. The molecule has 1 fully saturated rings. The minimum Gasteiger partial charge on any atom is -0.394 e. The molecule has 1 aliphatic heterocycles. The van der Waals surface area contributed by atoms with Crippen LogP contribution < -0.4 is 5.32 Å². The van der Waals surface area contributed by atoms with E-state index in [1.54, 1.807) is 0 Å². The summed E-state index contributed by atoms with van der Waals surface area (Å²) < 4.78 is 11.1. The van der Waals surface area contributed by atoms with Gasteiger partial charge in [-0.1, -0.05) is 171 Å². The zero-order valence-corrected chi connectivity index (χ0v) is 39.8. The molecular formula is C52H95NO10. The van der Waals surface area contributed by atoms with E-state index in [1.165, 1.54) is 109 Å². The molecule has 1 heterocycles. The summed E-state index contributed by atoms with van der Waals surface area (Å²) in [5.41, 5.74) is 0. The number of aliphatic hydroxyl groups is 7. The summed E-state index contributed by atoms with van der Waals surface area (Å²) in [6.07, 6.45) is 39.0. The van der Waals surface area contributed by atoms with Crippen LogP contribution in [0, 0.1) is 0 Å². The fraction of sp³-hybridized carbons (Fsp3) is 0.827. The van der Waals surface area contributed by atoms with E-state index in [4.69, 9.17) is 9.47 Å². The molecule has 0 radical (unpaired) electrons. The second-order valence-electron chi connectivity index (χ2n) is 17.9. The molecule has 0 saturated carbocycles. The Hall–Kier alpha value is -1.93. The molecule has 1 saturated heterocycles. The molecule has 0 aromatic rings. The molecule has 0 spiro atoms. The maximum Gasteiger partial charge on any atom is 0.249 e. The highest BCUT2D eigenvalue weighted by Gasteiger charge is 2.44. The second kappa shape index (κ2) is 41.5. The molecule has 1 aliphatic rings. The van der Waals surface area contributed by atoms with Gasteiger partial charge in [0.15, 0.2) is 6.29 Å². The van der Waals surface area contributed by atoms with Crippen molar-refractivity contribution in [3.63, 3.8) is 0 Å². The molecule has 8 N–H and O–H groups in total. The van der Waals surface area contributed by atoms with Crippen LogP contribution in [0.25, 0.3) is 0 Å². The van der Waals surface area contributed by atoms with Gasteiger partial charge in [0, 0.05) is 0 Å². The van der Waals surface area contributed by atoms with E-state index < -0.39 is 74.2 Å². The summed E-state index contributed by atoms with van der Waals surface area (Å²) >= 11 is 0. The summed E-state index contributed by atoms with van der Waals surface area (Å²) in [6.45, 7) is 3.20. The first-order valence-corrected chi connectivity index (χ1v) is 25.5. The van der Waals surface area contributed by atoms with Crippen molar-refractivity contribution in [1.29, 1.82) is 0 Å². The molecular weight excluding hydrogens is 799 g/mol. The predicted octanol–water partition coefficient (Wildman–Crippen LogP) is 9.34. The number of carbonyl (C=O) groups excluding carboxylic acids is 1. The largest absolute Gasteiger partial charge is 0.394 e. The van der Waals surface area contributed by atoms with E-state index in [2.05, 4.69) is 54.8 Å². The number of rotatable bonds is 42. The third-order valence-electron chi connectivity index (χ3n) is 12.2. The maximum absolute atomic E-state index is 13.1. The minimum absolute atomic E-state index is 0.238. The first-order chi connectivity index (χ1) is 30.7. The second-order valence-corrected chi connectivity index (χ2v) is 17.9. The van der Waals surface area contributed by atoms with Crippen molar-refractivity contribution in [1.82, 2.24) is 5.32 Å². The van der Waals surface area contributed by atoms with Crippen LogP contribution in [0.4, 0.5) is 0 Å².